The third kappa shape index (κ3) is 6.95. The van der Waals surface area contributed by atoms with Gasteiger partial charge >= 0.3 is 0 Å². The number of carbonyl (C=O) groups is 6. The first-order chi connectivity index (χ1) is 26.5. The maximum atomic E-state index is 13.6. The number of primary amides is 1. The number of imide groups is 2. The normalized spacial score (nSPS) is 24.7. The Morgan fingerprint density at radius 2 is 1.84 bits per heavy atom. The number of nitrogens with one attached hydrogen (secondary N) is 3. The number of benzene rings is 2. The number of carbonyl (C=O) groups excluding carboxylic acids is 6. The number of piperidine rings is 2. The zero-order valence-corrected chi connectivity index (χ0v) is 30.9. The van der Waals surface area contributed by atoms with E-state index in [1.54, 1.807) is 30.4 Å². The number of imidazole rings is 1. The van der Waals surface area contributed by atoms with Gasteiger partial charge in [-0.05, 0) is 101 Å². The zero-order chi connectivity index (χ0) is 38.4. The molecule has 3 saturated heterocycles. The molecule has 0 saturated carbocycles. The van der Waals surface area contributed by atoms with E-state index < -0.39 is 41.0 Å². The Morgan fingerprint density at radius 3 is 2.55 bits per heavy atom. The quantitative estimate of drug-likeness (QED) is 0.223. The van der Waals surface area contributed by atoms with Crippen LogP contribution < -0.4 is 21.3 Å². The molecule has 8 rings (SSSR count). The average Bonchev–Trinajstić information content (AvgIpc) is 3.85. The van der Waals surface area contributed by atoms with E-state index in [0.717, 1.165) is 54.1 Å². The third-order valence-electron chi connectivity index (χ3n) is 12.3. The molecule has 0 bridgehead atoms. The van der Waals surface area contributed by atoms with E-state index in [0.29, 0.717) is 60.4 Å². The van der Waals surface area contributed by atoms with Crippen molar-refractivity contribution < 1.29 is 28.8 Å². The molecule has 3 atom stereocenters. The summed E-state index contributed by atoms with van der Waals surface area (Å²) >= 11 is 0. The summed E-state index contributed by atoms with van der Waals surface area (Å²) in [5, 5.41) is 5.22. The Balaban J connectivity index is 0.857. The lowest BCUT2D eigenvalue weighted by Gasteiger charge is -2.36. The van der Waals surface area contributed by atoms with Crippen LogP contribution in [0.5, 0.6) is 0 Å². The van der Waals surface area contributed by atoms with Crippen LogP contribution in [0.4, 0.5) is 11.4 Å². The number of allylic oxidation sites excluding steroid dienone is 1. The van der Waals surface area contributed by atoms with Crippen LogP contribution >= 0.6 is 0 Å². The molecule has 2 aromatic carbocycles. The molecule has 5 aliphatic rings. The third-order valence-corrected chi connectivity index (χ3v) is 12.3. The molecule has 14 nitrogen and oxygen atoms in total. The molecule has 3 fully saturated rings. The molecule has 3 aromatic rings. The van der Waals surface area contributed by atoms with Gasteiger partial charge in [0.05, 0.1) is 39.8 Å². The lowest BCUT2D eigenvalue weighted by Crippen LogP contribution is -2.54. The van der Waals surface area contributed by atoms with Crippen molar-refractivity contribution in [3.8, 4) is 0 Å². The van der Waals surface area contributed by atoms with Gasteiger partial charge in [0.1, 0.15) is 11.9 Å². The number of amides is 6. The summed E-state index contributed by atoms with van der Waals surface area (Å²) in [6.07, 6.45) is 11.1. The Kier molecular flexibility index (Phi) is 9.62. The molecule has 55 heavy (non-hydrogen) atoms. The number of nitrogens with zero attached hydrogens (tertiary/aromatic N) is 4. The van der Waals surface area contributed by atoms with Gasteiger partial charge in [-0.1, -0.05) is 24.3 Å². The van der Waals surface area contributed by atoms with Gasteiger partial charge in [-0.15, -0.1) is 0 Å². The van der Waals surface area contributed by atoms with Crippen molar-refractivity contribution in [2.75, 3.05) is 29.9 Å². The highest BCUT2D eigenvalue weighted by Gasteiger charge is 2.46. The number of hydrogen-bond donors (Lipinski definition) is 4. The number of fused-ring (bicyclic) bond motifs is 2. The maximum Gasteiger partial charge on any atom is 0.264 e. The van der Waals surface area contributed by atoms with Crippen molar-refractivity contribution in [1.82, 2.24) is 25.1 Å². The van der Waals surface area contributed by atoms with Crippen LogP contribution in [0.3, 0.4) is 0 Å². The number of aromatic amines is 1. The maximum absolute atomic E-state index is 13.6. The SMILES string of the molecule is C[C@H]1CCCN1Cc1nc2ccc(NC(=O)C3=CCC(CCC4CCN(c5cccc6c5C(=O)N(C5CCC(=O)NC5=O)C6=O)CC4)(C(N)=O)C=C3)cc2[nH]1. The highest BCUT2D eigenvalue weighted by atomic mass is 16.2. The molecular weight excluding hydrogens is 701 g/mol. The number of hydrogen-bond acceptors (Lipinski definition) is 9. The lowest BCUT2D eigenvalue weighted by atomic mass is 9.73. The van der Waals surface area contributed by atoms with E-state index in [1.807, 2.05) is 24.3 Å². The predicted molar refractivity (Wildman–Crippen MR) is 205 cm³/mol. The van der Waals surface area contributed by atoms with Crippen LogP contribution in [-0.4, -0.2) is 86.9 Å². The fourth-order valence-corrected chi connectivity index (χ4v) is 8.86. The second-order valence-electron chi connectivity index (χ2n) is 15.7. The Labute approximate surface area is 318 Å². The summed E-state index contributed by atoms with van der Waals surface area (Å²) in [6, 6.07) is 10.3. The van der Waals surface area contributed by atoms with Gasteiger partial charge in [-0.25, -0.2) is 4.98 Å². The second-order valence-corrected chi connectivity index (χ2v) is 15.7. The molecule has 286 valence electrons. The molecule has 0 spiro atoms. The highest BCUT2D eigenvalue weighted by Crippen LogP contribution is 2.40. The molecule has 4 aliphatic heterocycles. The Bertz CT molecular complexity index is 2170. The minimum absolute atomic E-state index is 0.0629. The van der Waals surface area contributed by atoms with E-state index in [-0.39, 0.29) is 24.3 Å². The summed E-state index contributed by atoms with van der Waals surface area (Å²) < 4.78 is 0. The number of anilines is 2. The standard InChI is InChI=1S/C41H46N8O6/c1-24-4-3-19-48(24)23-33-44-29-8-7-27(22-30(29)45-33)43-36(51)26-12-17-41(18-13-26,40(42)55)16-11-25-14-20-47(21-15-25)31-6-2-5-28-35(31)39(54)49(38(28)53)32-9-10-34(50)46-37(32)52/h2,5-8,12-13,17,22,24-25,32H,3-4,9-11,14-16,18-21,23H2,1H3,(H2,42,55)(H,43,51)(H,44,45)(H,46,50,52)/t24-,32?,41?/m0/s1. The highest BCUT2D eigenvalue weighted by molar-refractivity contribution is 6.25. The smallest absolute Gasteiger partial charge is 0.264 e. The molecule has 14 heteroatoms. The molecule has 1 aromatic heterocycles. The van der Waals surface area contributed by atoms with Gasteiger partial charge in [0.2, 0.25) is 17.7 Å². The fraction of sp³-hybridized carbons (Fsp3) is 0.439. The van der Waals surface area contributed by atoms with Crippen molar-refractivity contribution in [2.24, 2.45) is 17.1 Å². The van der Waals surface area contributed by atoms with Gasteiger partial charge in [-0.3, -0.25) is 43.9 Å². The zero-order valence-electron chi connectivity index (χ0n) is 30.9. The van der Waals surface area contributed by atoms with Crippen LogP contribution in [0, 0.1) is 11.3 Å². The van der Waals surface area contributed by atoms with E-state index in [4.69, 9.17) is 10.7 Å². The van der Waals surface area contributed by atoms with Crippen molar-refractivity contribution in [2.45, 2.75) is 83.3 Å². The van der Waals surface area contributed by atoms with Crippen LogP contribution in [0.1, 0.15) is 91.3 Å². The number of likely N-dealkylation sites (tertiary alicyclic amines) is 1. The van der Waals surface area contributed by atoms with Crippen molar-refractivity contribution in [3.63, 3.8) is 0 Å². The van der Waals surface area contributed by atoms with E-state index in [1.165, 1.54) is 12.8 Å². The molecule has 5 heterocycles. The second kappa shape index (κ2) is 14.5. The number of aromatic nitrogens is 2. The fourth-order valence-electron chi connectivity index (χ4n) is 8.86. The van der Waals surface area contributed by atoms with E-state index in [9.17, 15) is 28.8 Å². The monoisotopic (exact) mass is 746 g/mol. The first-order valence-electron chi connectivity index (χ1n) is 19.3. The summed E-state index contributed by atoms with van der Waals surface area (Å²) in [5.41, 5.74) is 9.13. The van der Waals surface area contributed by atoms with Crippen molar-refractivity contribution in [1.29, 1.82) is 0 Å². The van der Waals surface area contributed by atoms with Crippen molar-refractivity contribution in [3.05, 3.63) is 77.2 Å². The lowest BCUT2D eigenvalue weighted by molar-refractivity contribution is -0.136. The summed E-state index contributed by atoms with van der Waals surface area (Å²) in [5.74, 6) is -1.56. The molecule has 5 N–H and O–H groups in total. The van der Waals surface area contributed by atoms with Gasteiger partial charge < -0.3 is 20.9 Å². The summed E-state index contributed by atoms with van der Waals surface area (Å²) in [6.45, 7) is 5.38. The molecule has 0 radical (unpaired) electrons. The van der Waals surface area contributed by atoms with Gasteiger partial charge in [-0.2, -0.15) is 0 Å². The topological polar surface area (TPSA) is 191 Å². The number of rotatable bonds is 10. The Hall–Kier alpha value is -5.63. The first-order valence-corrected chi connectivity index (χ1v) is 19.3. The van der Waals surface area contributed by atoms with Crippen LogP contribution in [-0.2, 0) is 25.7 Å². The predicted octanol–water partition coefficient (Wildman–Crippen LogP) is 3.94. The summed E-state index contributed by atoms with van der Waals surface area (Å²) in [7, 11) is 0. The number of nitrogens with two attached hydrogens (primary N) is 1. The molecule has 1 aliphatic carbocycles. The Morgan fingerprint density at radius 1 is 1.02 bits per heavy atom. The first kappa shape index (κ1) is 36.4. The van der Waals surface area contributed by atoms with Crippen LogP contribution in [0.25, 0.3) is 11.0 Å². The van der Waals surface area contributed by atoms with Gasteiger partial charge in [0, 0.05) is 36.8 Å². The average molecular weight is 747 g/mol. The van der Waals surface area contributed by atoms with Crippen molar-refractivity contribution >= 4 is 57.9 Å². The molecule has 2 unspecified atom stereocenters. The largest absolute Gasteiger partial charge is 0.371 e. The molecular formula is C41H46N8O6. The molecule has 6 amide bonds. The van der Waals surface area contributed by atoms with Gasteiger partial charge in [0.15, 0.2) is 0 Å². The summed E-state index contributed by atoms with van der Waals surface area (Å²) in [4.78, 5) is 91.0. The van der Waals surface area contributed by atoms with Crippen LogP contribution in [0.15, 0.2) is 60.2 Å². The number of H-pyrrole nitrogens is 1. The minimum atomic E-state index is -1.02. The minimum Gasteiger partial charge on any atom is -0.371 e. The van der Waals surface area contributed by atoms with Gasteiger partial charge in [0.25, 0.3) is 17.7 Å². The van der Waals surface area contributed by atoms with Crippen LogP contribution in [0.2, 0.25) is 0 Å². The van der Waals surface area contributed by atoms with E-state index >= 15 is 0 Å². The van der Waals surface area contributed by atoms with E-state index in [2.05, 4.69) is 32.3 Å².